The van der Waals surface area contributed by atoms with Gasteiger partial charge in [0.2, 0.25) is 5.91 Å². The van der Waals surface area contributed by atoms with E-state index in [1.54, 1.807) is 7.05 Å². The first kappa shape index (κ1) is 22.3. The van der Waals surface area contributed by atoms with Gasteiger partial charge in [-0.1, -0.05) is 30.3 Å². The zero-order valence-corrected chi connectivity index (χ0v) is 18.9. The predicted molar refractivity (Wildman–Crippen MR) is 123 cm³/mol. The fourth-order valence-electron chi connectivity index (χ4n) is 3.61. The number of amides is 1. The Hall–Kier alpha value is -2.38. The van der Waals surface area contributed by atoms with Crippen LogP contribution in [0.15, 0.2) is 47.5 Å². The number of hydrogen-bond donors (Lipinski definition) is 2. The van der Waals surface area contributed by atoms with Crippen molar-refractivity contribution < 1.29 is 9.53 Å². The summed E-state index contributed by atoms with van der Waals surface area (Å²) in [5.41, 5.74) is 1.01. The first-order chi connectivity index (χ1) is 14.6. The van der Waals surface area contributed by atoms with E-state index in [1.807, 2.05) is 46.6 Å². The van der Waals surface area contributed by atoms with E-state index in [-0.39, 0.29) is 17.9 Å². The van der Waals surface area contributed by atoms with Crippen LogP contribution in [-0.4, -0.2) is 62.7 Å². The van der Waals surface area contributed by atoms with Crippen LogP contribution in [0.25, 0.3) is 0 Å². The Kier molecular flexibility index (Phi) is 8.28. The van der Waals surface area contributed by atoms with E-state index in [0.717, 1.165) is 12.0 Å². The van der Waals surface area contributed by atoms with E-state index in [9.17, 15) is 4.79 Å². The van der Waals surface area contributed by atoms with Crippen molar-refractivity contribution in [2.24, 2.45) is 4.99 Å². The maximum absolute atomic E-state index is 13.2. The molecule has 0 aliphatic carbocycles. The van der Waals surface area contributed by atoms with Crippen LogP contribution in [0.5, 0.6) is 0 Å². The van der Waals surface area contributed by atoms with E-state index in [2.05, 4.69) is 41.6 Å². The summed E-state index contributed by atoms with van der Waals surface area (Å²) in [4.78, 5) is 22.2. The number of aryl methyl sites for hydroxylation is 1. The summed E-state index contributed by atoms with van der Waals surface area (Å²) in [6.07, 6.45) is 0.939. The van der Waals surface area contributed by atoms with Crippen molar-refractivity contribution in [1.29, 1.82) is 0 Å². The van der Waals surface area contributed by atoms with E-state index in [0.29, 0.717) is 38.8 Å². The van der Waals surface area contributed by atoms with Crippen LogP contribution in [0.2, 0.25) is 0 Å². The minimum absolute atomic E-state index is 0.134. The Balaban J connectivity index is 1.62. The molecule has 1 aromatic heterocycles. The molecule has 2 heterocycles. The lowest BCUT2D eigenvalue weighted by molar-refractivity contribution is -0.136. The van der Waals surface area contributed by atoms with Gasteiger partial charge in [-0.05, 0) is 31.5 Å². The molecule has 0 bridgehead atoms. The van der Waals surface area contributed by atoms with Crippen LogP contribution in [0.3, 0.4) is 0 Å². The number of thiophene rings is 1. The van der Waals surface area contributed by atoms with E-state index >= 15 is 0 Å². The normalized spacial score (nSPS) is 16.8. The second-order valence-corrected chi connectivity index (χ2v) is 8.99. The molecule has 1 aliphatic rings. The number of aliphatic imine (C=N–C) groups is 1. The summed E-state index contributed by atoms with van der Waals surface area (Å²) in [6.45, 7) is 7.26. The average molecular weight is 429 g/mol. The third-order valence-electron chi connectivity index (χ3n) is 5.21. The van der Waals surface area contributed by atoms with Crippen LogP contribution in [-0.2, 0) is 16.0 Å². The molecule has 2 unspecified atom stereocenters. The van der Waals surface area contributed by atoms with Gasteiger partial charge in [0.1, 0.15) is 0 Å². The summed E-state index contributed by atoms with van der Waals surface area (Å²) in [5.74, 6) is 0.583. The van der Waals surface area contributed by atoms with Crippen molar-refractivity contribution in [1.82, 2.24) is 15.5 Å². The van der Waals surface area contributed by atoms with Crippen LogP contribution in [0, 0.1) is 6.92 Å². The zero-order chi connectivity index (χ0) is 21.3. The Morgan fingerprint density at radius 1 is 1.20 bits per heavy atom. The number of guanidine groups is 1. The van der Waals surface area contributed by atoms with Gasteiger partial charge in [-0.3, -0.25) is 9.79 Å². The van der Waals surface area contributed by atoms with Crippen molar-refractivity contribution in [3.05, 3.63) is 57.8 Å². The maximum Gasteiger partial charge on any atom is 0.232 e. The highest BCUT2D eigenvalue weighted by atomic mass is 32.1. The Labute approximate surface area is 183 Å². The molecule has 1 aromatic carbocycles. The summed E-state index contributed by atoms with van der Waals surface area (Å²) in [7, 11) is 1.76. The second kappa shape index (κ2) is 11.1. The molecule has 0 spiro atoms. The zero-order valence-electron chi connectivity index (χ0n) is 18.1. The number of hydrogen-bond acceptors (Lipinski definition) is 4. The van der Waals surface area contributed by atoms with Crippen molar-refractivity contribution in [3.8, 4) is 0 Å². The van der Waals surface area contributed by atoms with Crippen molar-refractivity contribution in [2.75, 3.05) is 39.9 Å². The fourth-order valence-corrected chi connectivity index (χ4v) is 4.63. The quantitative estimate of drug-likeness (QED) is 0.526. The van der Waals surface area contributed by atoms with Crippen LogP contribution in [0.4, 0.5) is 0 Å². The van der Waals surface area contributed by atoms with Crippen LogP contribution in [0.1, 0.15) is 28.2 Å². The van der Waals surface area contributed by atoms with Gasteiger partial charge < -0.3 is 20.3 Å². The molecule has 7 heteroatoms. The lowest BCUT2D eigenvalue weighted by Gasteiger charge is -2.31. The minimum atomic E-state index is -0.266. The van der Waals surface area contributed by atoms with Gasteiger partial charge in [0.05, 0.1) is 19.1 Å². The van der Waals surface area contributed by atoms with Gasteiger partial charge in [0, 0.05) is 48.9 Å². The third-order valence-corrected chi connectivity index (χ3v) is 6.23. The van der Waals surface area contributed by atoms with Crippen molar-refractivity contribution in [3.63, 3.8) is 0 Å². The molecule has 162 valence electrons. The average Bonchev–Trinajstić information content (AvgIpc) is 3.18. The smallest absolute Gasteiger partial charge is 0.232 e. The molecular formula is C23H32N4O2S. The Morgan fingerprint density at radius 3 is 2.57 bits per heavy atom. The van der Waals surface area contributed by atoms with Gasteiger partial charge in [-0.25, -0.2) is 0 Å². The molecule has 0 radical (unpaired) electrons. The molecule has 6 nitrogen and oxygen atoms in total. The minimum Gasteiger partial charge on any atom is -0.378 e. The topological polar surface area (TPSA) is 66.0 Å². The molecule has 2 N–H and O–H groups in total. The van der Waals surface area contributed by atoms with Gasteiger partial charge in [-0.15, -0.1) is 11.3 Å². The molecule has 3 rings (SSSR count). The SMILES string of the molecule is CN=C(NCC(C(=O)N1CCOCC1)c1ccccc1)NC(C)Cc1ccc(C)s1. The van der Waals surface area contributed by atoms with Gasteiger partial charge in [0.15, 0.2) is 5.96 Å². The highest BCUT2D eigenvalue weighted by molar-refractivity contribution is 7.11. The predicted octanol–water partition coefficient (Wildman–Crippen LogP) is 2.80. The highest BCUT2D eigenvalue weighted by Gasteiger charge is 2.27. The van der Waals surface area contributed by atoms with E-state index < -0.39 is 0 Å². The number of benzene rings is 1. The van der Waals surface area contributed by atoms with Crippen LogP contribution < -0.4 is 10.6 Å². The molecule has 30 heavy (non-hydrogen) atoms. The molecule has 1 fully saturated rings. The molecule has 2 aromatic rings. The molecule has 1 aliphatic heterocycles. The number of nitrogens with one attached hydrogen (secondary N) is 2. The van der Waals surface area contributed by atoms with E-state index in [4.69, 9.17) is 4.74 Å². The lowest BCUT2D eigenvalue weighted by atomic mass is 9.97. The highest BCUT2D eigenvalue weighted by Crippen LogP contribution is 2.19. The first-order valence-corrected chi connectivity index (χ1v) is 11.3. The number of rotatable bonds is 7. The molecule has 1 amide bonds. The largest absolute Gasteiger partial charge is 0.378 e. The van der Waals surface area contributed by atoms with Crippen LogP contribution >= 0.6 is 11.3 Å². The van der Waals surface area contributed by atoms with Gasteiger partial charge in [0.25, 0.3) is 0 Å². The van der Waals surface area contributed by atoms with Gasteiger partial charge in [-0.2, -0.15) is 0 Å². The Bertz CT molecular complexity index is 831. The number of ether oxygens (including phenoxy) is 1. The summed E-state index contributed by atoms with van der Waals surface area (Å²) < 4.78 is 5.41. The standard InChI is InChI=1S/C23H32N4O2S/c1-17(15-20-10-9-18(2)30-20)26-23(24-3)25-16-21(19-7-5-4-6-8-19)22(28)27-11-13-29-14-12-27/h4-10,17,21H,11-16H2,1-3H3,(H2,24,25,26). The summed E-state index contributed by atoms with van der Waals surface area (Å²) in [5, 5.41) is 6.82. The number of carbonyl (C=O) groups excluding carboxylic acids is 1. The lowest BCUT2D eigenvalue weighted by Crippen LogP contribution is -2.48. The second-order valence-electron chi connectivity index (χ2n) is 7.62. The summed E-state index contributed by atoms with van der Waals surface area (Å²) >= 11 is 1.83. The van der Waals surface area contributed by atoms with Crippen molar-refractivity contribution >= 4 is 23.2 Å². The fraction of sp³-hybridized carbons (Fsp3) is 0.478. The van der Waals surface area contributed by atoms with E-state index in [1.165, 1.54) is 9.75 Å². The maximum atomic E-state index is 13.2. The Morgan fingerprint density at radius 2 is 1.93 bits per heavy atom. The summed E-state index contributed by atoms with van der Waals surface area (Å²) in [6, 6.07) is 14.5. The monoisotopic (exact) mass is 428 g/mol. The van der Waals surface area contributed by atoms with Crippen molar-refractivity contribution in [2.45, 2.75) is 32.2 Å². The number of nitrogens with zero attached hydrogens (tertiary/aromatic N) is 2. The third kappa shape index (κ3) is 6.31. The van der Waals surface area contributed by atoms with Gasteiger partial charge >= 0.3 is 0 Å². The molecule has 1 saturated heterocycles. The molecular weight excluding hydrogens is 396 g/mol. The number of carbonyl (C=O) groups is 1. The number of morpholine rings is 1. The molecule has 0 saturated carbocycles. The first-order valence-electron chi connectivity index (χ1n) is 10.5. The molecule has 2 atom stereocenters.